The molecule has 24 heavy (non-hydrogen) atoms. The largest absolute Gasteiger partial charge is 0.452 e. The van der Waals surface area contributed by atoms with Crippen LogP contribution in [0.25, 0.3) is 0 Å². The fourth-order valence-electron chi connectivity index (χ4n) is 3.65. The van der Waals surface area contributed by atoms with Crippen molar-refractivity contribution in [2.75, 3.05) is 0 Å². The van der Waals surface area contributed by atoms with E-state index in [0.29, 0.717) is 0 Å². The molecule has 1 aromatic carbocycles. The van der Waals surface area contributed by atoms with Crippen LogP contribution < -0.4 is 0 Å². The Morgan fingerprint density at radius 1 is 1.12 bits per heavy atom. The minimum atomic E-state index is -3.64. The fraction of sp³-hybridized carbons (Fsp3) is 0.588. The lowest BCUT2D eigenvalue weighted by molar-refractivity contribution is -0.282. The minimum Gasteiger partial charge on any atom is -0.452 e. The van der Waals surface area contributed by atoms with Crippen LogP contribution in [0.2, 0.25) is 0 Å². The summed E-state index contributed by atoms with van der Waals surface area (Å²) in [5.41, 5.74) is -4.20. The van der Waals surface area contributed by atoms with Crippen molar-refractivity contribution in [3.63, 3.8) is 0 Å². The molecular formula is C17H17F5O2. The summed E-state index contributed by atoms with van der Waals surface area (Å²) in [4.78, 5) is 12.2. The first-order chi connectivity index (χ1) is 11.0. The monoisotopic (exact) mass is 348 g/mol. The number of ether oxygens (including phenoxy) is 1. The van der Waals surface area contributed by atoms with Gasteiger partial charge in [0.25, 0.3) is 5.92 Å². The van der Waals surface area contributed by atoms with Gasteiger partial charge in [-0.05, 0) is 44.2 Å². The third kappa shape index (κ3) is 2.16. The maximum Gasteiger partial charge on any atom is 0.341 e. The van der Waals surface area contributed by atoms with Crippen molar-refractivity contribution in [3.05, 3.63) is 34.9 Å². The number of fused-ring (bicyclic) bond motifs is 3. The molecule has 0 spiro atoms. The molecule has 0 heterocycles. The van der Waals surface area contributed by atoms with E-state index in [1.54, 1.807) is 0 Å². The zero-order chi connectivity index (χ0) is 17.9. The number of alkyl halides is 3. The van der Waals surface area contributed by atoms with Crippen molar-refractivity contribution in [3.8, 4) is 0 Å². The number of hydrogen-bond donors (Lipinski definition) is 0. The molecular weight excluding hydrogens is 331 g/mol. The van der Waals surface area contributed by atoms with E-state index in [0.717, 1.165) is 6.07 Å². The lowest BCUT2D eigenvalue weighted by Gasteiger charge is -2.56. The number of aryl methyl sites for hydroxylation is 1. The van der Waals surface area contributed by atoms with Crippen molar-refractivity contribution in [1.29, 1.82) is 0 Å². The summed E-state index contributed by atoms with van der Waals surface area (Å²) in [6.45, 7) is 2.63. The zero-order valence-electron chi connectivity index (χ0n) is 13.3. The smallest absolute Gasteiger partial charge is 0.341 e. The summed E-state index contributed by atoms with van der Waals surface area (Å²) >= 11 is 0. The van der Waals surface area contributed by atoms with Gasteiger partial charge in [0, 0.05) is 5.41 Å². The second kappa shape index (κ2) is 5.17. The molecule has 3 fully saturated rings. The Balaban J connectivity index is 1.91. The van der Waals surface area contributed by atoms with Gasteiger partial charge in [-0.2, -0.15) is 0 Å². The van der Waals surface area contributed by atoms with Gasteiger partial charge in [0.1, 0.15) is 5.60 Å². The molecule has 0 aliphatic heterocycles. The van der Waals surface area contributed by atoms with Crippen molar-refractivity contribution < 1.29 is 31.5 Å². The molecule has 1 atom stereocenters. The molecule has 7 heteroatoms. The highest BCUT2D eigenvalue weighted by Gasteiger charge is 2.71. The lowest BCUT2D eigenvalue weighted by atomic mass is 9.56. The summed E-state index contributed by atoms with van der Waals surface area (Å²) in [5, 5.41) is 0. The molecule has 0 aromatic heterocycles. The van der Waals surface area contributed by atoms with E-state index in [-0.39, 0.29) is 31.2 Å². The normalized spacial score (nSPS) is 34.2. The van der Waals surface area contributed by atoms with Gasteiger partial charge in [0.05, 0.1) is 5.56 Å². The van der Waals surface area contributed by atoms with Crippen LogP contribution in [0.4, 0.5) is 22.0 Å². The van der Waals surface area contributed by atoms with E-state index in [1.165, 1.54) is 19.9 Å². The highest BCUT2D eigenvalue weighted by molar-refractivity contribution is 5.90. The van der Waals surface area contributed by atoms with E-state index in [9.17, 15) is 26.7 Å². The Hall–Kier alpha value is -1.66. The van der Waals surface area contributed by atoms with Crippen LogP contribution in [0.5, 0.6) is 0 Å². The van der Waals surface area contributed by atoms with Gasteiger partial charge in [-0.15, -0.1) is 0 Å². The summed E-state index contributed by atoms with van der Waals surface area (Å²) < 4.78 is 75.5. The number of esters is 1. The minimum absolute atomic E-state index is 0.00155. The molecule has 0 N–H and O–H groups in total. The van der Waals surface area contributed by atoms with E-state index < -0.39 is 46.3 Å². The highest BCUT2D eigenvalue weighted by atomic mass is 19.3. The van der Waals surface area contributed by atoms with Crippen LogP contribution in [0, 0.1) is 24.0 Å². The summed E-state index contributed by atoms with van der Waals surface area (Å²) in [6.07, 6.45) is -2.80. The Morgan fingerprint density at radius 3 is 2.29 bits per heavy atom. The maximum atomic E-state index is 14.5. The molecule has 2 nitrogen and oxygen atoms in total. The van der Waals surface area contributed by atoms with E-state index in [2.05, 4.69) is 0 Å². The second-order valence-electron chi connectivity index (χ2n) is 7.06. The number of carbonyl (C=O) groups is 1. The Bertz CT molecular complexity index is 692. The van der Waals surface area contributed by atoms with Crippen molar-refractivity contribution in [2.45, 2.75) is 57.2 Å². The Kier molecular flexibility index (Phi) is 3.70. The van der Waals surface area contributed by atoms with Gasteiger partial charge < -0.3 is 4.74 Å². The zero-order valence-corrected chi connectivity index (χ0v) is 13.3. The van der Waals surface area contributed by atoms with Crippen LogP contribution >= 0.6 is 0 Å². The topological polar surface area (TPSA) is 26.3 Å². The molecule has 1 unspecified atom stereocenters. The van der Waals surface area contributed by atoms with Gasteiger partial charge in [-0.25, -0.2) is 26.7 Å². The van der Waals surface area contributed by atoms with Crippen molar-refractivity contribution in [2.24, 2.45) is 5.41 Å². The van der Waals surface area contributed by atoms with Crippen molar-refractivity contribution >= 4 is 5.97 Å². The van der Waals surface area contributed by atoms with Crippen LogP contribution in [0.1, 0.15) is 48.5 Å². The van der Waals surface area contributed by atoms with Crippen molar-refractivity contribution in [1.82, 2.24) is 0 Å². The molecule has 4 rings (SSSR count). The van der Waals surface area contributed by atoms with Gasteiger partial charge in [-0.3, -0.25) is 0 Å². The van der Waals surface area contributed by atoms with Crippen LogP contribution in [-0.2, 0) is 4.74 Å². The molecule has 3 aliphatic carbocycles. The highest BCUT2D eigenvalue weighted by Crippen LogP contribution is 2.62. The first kappa shape index (κ1) is 17.2. The predicted molar refractivity (Wildman–Crippen MR) is 75.7 cm³/mol. The first-order valence-corrected chi connectivity index (χ1v) is 7.74. The van der Waals surface area contributed by atoms with Crippen LogP contribution in [0.3, 0.4) is 0 Å². The SMILES string of the molecule is Cc1ccc(C(=O)OC23CCC(C)(CC2)C(F)(F)C3F)c(F)c1F. The predicted octanol–water partition coefficient (Wildman–Crippen LogP) is 4.74. The lowest BCUT2D eigenvalue weighted by Crippen LogP contribution is -2.67. The average molecular weight is 348 g/mol. The number of rotatable bonds is 2. The van der Waals surface area contributed by atoms with E-state index >= 15 is 0 Å². The molecule has 3 aliphatic rings. The fourth-order valence-corrected chi connectivity index (χ4v) is 3.65. The number of carbonyl (C=O) groups excluding carboxylic acids is 1. The molecule has 132 valence electrons. The molecule has 3 saturated carbocycles. The van der Waals surface area contributed by atoms with Crippen LogP contribution in [0.15, 0.2) is 12.1 Å². The molecule has 0 radical (unpaired) electrons. The van der Waals surface area contributed by atoms with Crippen LogP contribution in [-0.4, -0.2) is 23.7 Å². The number of halogens is 5. The second-order valence-corrected chi connectivity index (χ2v) is 7.06. The number of benzene rings is 1. The Morgan fingerprint density at radius 2 is 1.71 bits per heavy atom. The third-order valence-electron chi connectivity index (χ3n) is 5.58. The standard InChI is InChI=1S/C17H17F5O2/c1-9-3-4-10(12(19)11(9)18)13(23)24-16-7-5-15(2,6-8-16)17(21,22)14(16)20/h3-4,14H,5-8H2,1-2H3. The van der Waals surface area contributed by atoms with Gasteiger partial charge >= 0.3 is 5.97 Å². The van der Waals surface area contributed by atoms with Gasteiger partial charge in [-0.1, -0.05) is 13.0 Å². The summed E-state index contributed by atoms with van der Waals surface area (Å²) in [6, 6.07) is 2.18. The Labute approximate surface area is 136 Å². The molecule has 0 amide bonds. The van der Waals surface area contributed by atoms with E-state index in [4.69, 9.17) is 4.74 Å². The molecule has 1 aromatic rings. The molecule has 2 bridgehead atoms. The quantitative estimate of drug-likeness (QED) is 0.570. The van der Waals surface area contributed by atoms with Gasteiger partial charge in [0.15, 0.2) is 11.6 Å². The summed E-state index contributed by atoms with van der Waals surface area (Å²) in [5.74, 6) is -7.60. The summed E-state index contributed by atoms with van der Waals surface area (Å²) in [7, 11) is 0. The third-order valence-corrected chi connectivity index (χ3v) is 5.58. The first-order valence-electron chi connectivity index (χ1n) is 7.74. The maximum absolute atomic E-state index is 14.5. The van der Waals surface area contributed by atoms with E-state index in [1.807, 2.05) is 0 Å². The molecule has 0 saturated heterocycles. The average Bonchev–Trinajstić information content (AvgIpc) is 2.53. The number of hydrogen-bond acceptors (Lipinski definition) is 2. The van der Waals surface area contributed by atoms with Gasteiger partial charge in [0.2, 0.25) is 6.17 Å².